The van der Waals surface area contributed by atoms with Crippen LogP contribution in [0.4, 0.5) is 0 Å². The summed E-state index contributed by atoms with van der Waals surface area (Å²) in [6.45, 7) is 4.61. The smallest absolute Gasteiger partial charge is 0.326 e. The third-order valence-electron chi connectivity index (χ3n) is 4.07. The maximum Gasteiger partial charge on any atom is 0.326 e. The van der Waals surface area contributed by atoms with E-state index in [1.165, 1.54) is 6.92 Å². The first-order chi connectivity index (χ1) is 13.8. The second kappa shape index (κ2) is 12.4. The number of primary amides is 1. The Morgan fingerprint density at radius 1 is 0.833 bits per heavy atom. The molecule has 0 aromatic rings. The van der Waals surface area contributed by atoms with Crippen molar-refractivity contribution < 1.29 is 39.0 Å². The maximum atomic E-state index is 12.4. The van der Waals surface area contributed by atoms with E-state index in [0.717, 1.165) is 0 Å². The third-order valence-corrected chi connectivity index (χ3v) is 4.07. The van der Waals surface area contributed by atoms with Crippen molar-refractivity contribution in [3.63, 3.8) is 0 Å². The number of aliphatic carboxylic acids is 2. The summed E-state index contributed by atoms with van der Waals surface area (Å²) in [6.07, 6.45) is -1.39. The number of carbonyl (C=O) groups is 6. The SMILES string of the molecule is CC(NC(=O)C(CC(N)=O)NC(=O)C(N)C(C)C)C(=O)NC(CCC(=O)O)C(=O)O. The van der Waals surface area contributed by atoms with E-state index >= 15 is 0 Å². The fourth-order valence-corrected chi connectivity index (χ4v) is 2.18. The van der Waals surface area contributed by atoms with E-state index in [9.17, 15) is 28.8 Å². The lowest BCUT2D eigenvalue weighted by Gasteiger charge is -2.23. The molecule has 13 nitrogen and oxygen atoms in total. The zero-order valence-corrected chi connectivity index (χ0v) is 17.0. The predicted molar refractivity (Wildman–Crippen MR) is 103 cm³/mol. The molecule has 0 radical (unpaired) electrons. The lowest BCUT2D eigenvalue weighted by molar-refractivity contribution is -0.143. The fraction of sp³-hybridized carbons (Fsp3) is 0.647. The summed E-state index contributed by atoms with van der Waals surface area (Å²) in [5.41, 5.74) is 10.8. The van der Waals surface area contributed by atoms with Crippen molar-refractivity contribution in [2.75, 3.05) is 0 Å². The second-order valence-corrected chi connectivity index (χ2v) is 7.06. The zero-order valence-electron chi connectivity index (χ0n) is 17.0. The quantitative estimate of drug-likeness (QED) is 0.160. The van der Waals surface area contributed by atoms with Crippen LogP contribution >= 0.6 is 0 Å². The molecule has 0 spiro atoms. The molecule has 0 saturated carbocycles. The van der Waals surface area contributed by atoms with Gasteiger partial charge in [0.1, 0.15) is 18.1 Å². The van der Waals surface area contributed by atoms with Crippen molar-refractivity contribution in [1.29, 1.82) is 0 Å². The topological polar surface area (TPSA) is 231 Å². The summed E-state index contributed by atoms with van der Waals surface area (Å²) in [6, 6.07) is -5.06. The van der Waals surface area contributed by atoms with Gasteiger partial charge in [0, 0.05) is 6.42 Å². The first-order valence-corrected chi connectivity index (χ1v) is 9.15. The number of carboxylic acids is 2. The number of amides is 4. The standard InChI is InChI=1S/C17H29N5O8/c1-7(2)13(19)16(28)22-10(6-11(18)23)15(27)20-8(3)14(26)21-9(17(29)30)4-5-12(24)25/h7-10,13H,4-6,19H2,1-3H3,(H2,18,23)(H,20,27)(H,21,26)(H,22,28)(H,24,25)(H,29,30). The lowest BCUT2D eigenvalue weighted by atomic mass is 10.0. The minimum Gasteiger partial charge on any atom is -0.481 e. The minimum atomic E-state index is -1.47. The van der Waals surface area contributed by atoms with E-state index in [2.05, 4.69) is 16.0 Å². The van der Waals surface area contributed by atoms with Crippen LogP contribution in [-0.4, -0.2) is 69.9 Å². The van der Waals surface area contributed by atoms with Gasteiger partial charge in [-0.15, -0.1) is 0 Å². The molecule has 0 aliphatic rings. The van der Waals surface area contributed by atoms with Crippen LogP contribution in [0.15, 0.2) is 0 Å². The largest absolute Gasteiger partial charge is 0.481 e. The molecule has 0 heterocycles. The van der Waals surface area contributed by atoms with Gasteiger partial charge in [-0.2, -0.15) is 0 Å². The predicted octanol–water partition coefficient (Wildman–Crippen LogP) is -2.73. The molecule has 13 heteroatoms. The highest BCUT2D eigenvalue weighted by molar-refractivity contribution is 5.96. The van der Waals surface area contributed by atoms with Gasteiger partial charge in [-0.1, -0.05) is 13.8 Å². The van der Waals surface area contributed by atoms with E-state index < -0.39 is 72.6 Å². The Labute approximate surface area is 172 Å². The summed E-state index contributed by atoms with van der Waals surface area (Å²) in [5, 5.41) is 24.4. The Bertz CT molecular complexity index is 681. The van der Waals surface area contributed by atoms with Crippen molar-refractivity contribution >= 4 is 35.6 Å². The Kier molecular flexibility index (Phi) is 11.0. The molecule has 0 aliphatic carbocycles. The van der Waals surface area contributed by atoms with Crippen LogP contribution in [-0.2, 0) is 28.8 Å². The number of nitrogens with two attached hydrogens (primary N) is 2. The normalized spacial score (nSPS) is 14.7. The molecule has 30 heavy (non-hydrogen) atoms. The van der Waals surface area contributed by atoms with Crippen molar-refractivity contribution in [2.24, 2.45) is 17.4 Å². The van der Waals surface area contributed by atoms with Crippen LogP contribution in [0.2, 0.25) is 0 Å². The minimum absolute atomic E-state index is 0.245. The molecule has 4 unspecified atom stereocenters. The highest BCUT2D eigenvalue weighted by Crippen LogP contribution is 2.02. The number of rotatable bonds is 13. The lowest BCUT2D eigenvalue weighted by Crippen LogP contribution is -2.57. The third kappa shape index (κ3) is 9.82. The first-order valence-electron chi connectivity index (χ1n) is 9.15. The molecule has 9 N–H and O–H groups in total. The average molecular weight is 431 g/mol. The molecule has 0 rings (SSSR count). The Hall–Kier alpha value is -3.22. The molecule has 0 aromatic heterocycles. The molecule has 0 aromatic carbocycles. The van der Waals surface area contributed by atoms with Gasteiger partial charge in [-0.3, -0.25) is 24.0 Å². The van der Waals surface area contributed by atoms with Gasteiger partial charge in [0.25, 0.3) is 0 Å². The highest BCUT2D eigenvalue weighted by atomic mass is 16.4. The van der Waals surface area contributed by atoms with Gasteiger partial charge >= 0.3 is 11.9 Å². The monoisotopic (exact) mass is 431 g/mol. The molecule has 4 amide bonds. The van der Waals surface area contributed by atoms with Crippen LogP contribution in [0.3, 0.4) is 0 Å². The van der Waals surface area contributed by atoms with Gasteiger partial charge in [-0.05, 0) is 19.3 Å². The highest BCUT2D eigenvalue weighted by Gasteiger charge is 2.30. The van der Waals surface area contributed by atoms with Gasteiger partial charge in [-0.25, -0.2) is 4.79 Å². The van der Waals surface area contributed by atoms with Crippen LogP contribution in [0.5, 0.6) is 0 Å². The molecule has 0 saturated heterocycles. The molecular formula is C17H29N5O8. The number of hydrogen-bond donors (Lipinski definition) is 7. The van der Waals surface area contributed by atoms with Gasteiger partial charge in [0.05, 0.1) is 12.5 Å². The summed E-state index contributed by atoms with van der Waals surface area (Å²) >= 11 is 0. The Morgan fingerprint density at radius 2 is 1.37 bits per heavy atom. The van der Waals surface area contributed by atoms with Crippen LogP contribution in [0, 0.1) is 5.92 Å². The molecular weight excluding hydrogens is 402 g/mol. The Balaban J connectivity index is 5.08. The first kappa shape index (κ1) is 26.8. The summed E-state index contributed by atoms with van der Waals surface area (Å²) in [5.74, 6) is -6.30. The van der Waals surface area contributed by atoms with Crippen LogP contribution < -0.4 is 27.4 Å². The molecule has 170 valence electrons. The van der Waals surface area contributed by atoms with Crippen LogP contribution in [0.1, 0.15) is 40.0 Å². The van der Waals surface area contributed by atoms with Crippen LogP contribution in [0.25, 0.3) is 0 Å². The summed E-state index contributed by atoms with van der Waals surface area (Å²) in [7, 11) is 0. The molecule has 0 aliphatic heterocycles. The van der Waals surface area contributed by atoms with Gasteiger partial charge < -0.3 is 37.6 Å². The van der Waals surface area contributed by atoms with E-state index in [0.29, 0.717) is 0 Å². The number of carbonyl (C=O) groups excluding carboxylic acids is 4. The van der Waals surface area contributed by atoms with Crippen molar-refractivity contribution in [2.45, 2.75) is 64.2 Å². The fourth-order valence-electron chi connectivity index (χ4n) is 2.18. The van der Waals surface area contributed by atoms with Gasteiger partial charge in [0.15, 0.2) is 0 Å². The summed E-state index contributed by atoms with van der Waals surface area (Å²) < 4.78 is 0. The Morgan fingerprint density at radius 3 is 1.80 bits per heavy atom. The van der Waals surface area contributed by atoms with E-state index in [4.69, 9.17) is 21.7 Å². The maximum absolute atomic E-state index is 12.4. The zero-order chi connectivity index (χ0) is 23.6. The number of nitrogens with one attached hydrogen (secondary N) is 3. The molecule has 0 fully saturated rings. The number of hydrogen-bond acceptors (Lipinski definition) is 7. The van der Waals surface area contributed by atoms with Crippen molar-refractivity contribution in [1.82, 2.24) is 16.0 Å². The van der Waals surface area contributed by atoms with E-state index in [-0.39, 0.29) is 12.3 Å². The summed E-state index contributed by atoms with van der Waals surface area (Å²) in [4.78, 5) is 69.6. The molecule has 4 atom stereocenters. The van der Waals surface area contributed by atoms with Crippen molar-refractivity contribution in [3.8, 4) is 0 Å². The van der Waals surface area contributed by atoms with Crippen molar-refractivity contribution in [3.05, 3.63) is 0 Å². The second-order valence-electron chi connectivity index (χ2n) is 7.06. The van der Waals surface area contributed by atoms with E-state index in [1.54, 1.807) is 13.8 Å². The molecule has 0 bridgehead atoms. The average Bonchev–Trinajstić information content (AvgIpc) is 2.62. The van der Waals surface area contributed by atoms with Gasteiger partial charge in [0.2, 0.25) is 23.6 Å². The van der Waals surface area contributed by atoms with E-state index in [1.807, 2.05) is 0 Å². The number of carboxylic acid groups (broad SMARTS) is 2.